The van der Waals surface area contributed by atoms with Gasteiger partial charge in [0.15, 0.2) is 0 Å². The van der Waals surface area contributed by atoms with Gasteiger partial charge in [-0.25, -0.2) is 9.50 Å². The quantitative estimate of drug-likeness (QED) is 0.835. The largest absolute Gasteiger partial charge is 0.453 e. The van der Waals surface area contributed by atoms with E-state index in [0.29, 0.717) is 30.1 Å². The number of amides is 1. The molecule has 1 aliphatic heterocycles. The monoisotopic (exact) mass is 398 g/mol. The van der Waals surface area contributed by atoms with Gasteiger partial charge in [-0.05, 0) is 58.2 Å². The van der Waals surface area contributed by atoms with Crippen LogP contribution < -0.4 is 5.32 Å². The number of fused-ring (bicyclic) bond motifs is 1. The van der Waals surface area contributed by atoms with Gasteiger partial charge in [0.25, 0.3) is 11.6 Å². The maximum absolute atomic E-state index is 12.9. The first-order valence-corrected chi connectivity index (χ1v) is 9.43. The second-order valence-corrected chi connectivity index (χ2v) is 7.31. The number of alkyl halides is 3. The SMILES string of the molecule is CNCC1CCCN(C(=O)CCc2c(C)nc3nc(C(F)(F)F)nn3c2C)C1. The van der Waals surface area contributed by atoms with E-state index in [4.69, 9.17) is 0 Å². The van der Waals surface area contributed by atoms with Crippen LogP contribution in [-0.2, 0) is 17.4 Å². The van der Waals surface area contributed by atoms with Crippen molar-refractivity contribution in [3.8, 4) is 0 Å². The number of carbonyl (C=O) groups is 1. The molecule has 154 valence electrons. The molecule has 0 spiro atoms. The second-order valence-electron chi connectivity index (χ2n) is 7.31. The van der Waals surface area contributed by atoms with Gasteiger partial charge in [-0.2, -0.15) is 18.2 Å². The van der Waals surface area contributed by atoms with Gasteiger partial charge < -0.3 is 10.2 Å². The standard InChI is InChI=1S/C18H25F3N6O/c1-11-14(6-7-15(28)26-8-4-5-13(10-26)9-22-3)12(2)27-17(23-11)24-16(25-27)18(19,20)21/h13,22H,4-10H2,1-3H3. The van der Waals surface area contributed by atoms with Crippen LogP contribution in [0.25, 0.3) is 5.78 Å². The molecule has 1 N–H and O–H groups in total. The Balaban J connectivity index is 1.74. The van der Waals surface area contributed by atoms with Crippen molar-refractivity contribution < 1.29 is 18.0 Å². The van der Waals surface area contributed by atoms with Crippen LogP contribution in [0.5, 0.6) is 0 Å². The number of aromatic nitrogens is 4. The van der Waals surface area contributed by atoms with Gasteiger partial charge in [0.05, 0.1) is 0 Å². The van der Waals surface area contributed by atoms with E-state index < -0.39 is 12.0 Å². The molecule has 0 aromatic carbocycles. The highest BCUT2D eigenvalue weighted by molar-refractivity contribution is 5.76. The van der Waals surface area contributed by atoms with Crippen LogP contribution in [0.15, 0.2) is 0 Å². The van der Waals surface area contributed by atoms with Crippen molar-refractivity contribution in [2.24, 2.45) is 5.92 Å². The number of piperidine rings is 1. The van der Waals surface area contributed by atoms with Gasteiger partial charge in [0.1, 0.15) is 0 Å². The first-order valence-electron chi connectivity index (χ1n) is 9.43. The maximum Gasteiger partial charge on any atom is 0.453 e. The van der Waals surface area contributed by atoms with Crippen molar-refractivity contribution in [2.75, 3.05) is 26.7 Å². The molecule has 0 saturated carbocycles. The summed E-state index contributed by atoms with van der Waals surface area (Å²) in [5.74, 6) is -0.766. The van der Waals surface area contributed by atoms with Crippen molar-refractivity contribution in [3.63, 3.8) is 0 Å². The van der Waals surface area contributed by atoms with Crippen molar-refractivity contribution in [1.29, 1.82) is 0 Å². The van der Waals surface area contributed by atoms with Gasteiger partial charge in [-0.15, -0.1) is 5.10 Å². The third kappa shape index (κ3) is 4.26. The van der Waals surface area contributed by atoms with Crippen LogP contribution in [0, 0.1) is 19.8 Å². The van der Waals surface area contributed by atoms with Crippen LogP contribution in [0.2, 0.25) is 0 Å². The van der Waals surface area contributed by atoms with Gasteiger partial charge in [-0.3, -0.25) is 4.79 Å². The zero-order chi connectivity index (χ0) is 20.5. The normalized spacial score (nSPS) is 18.1. The highest BCUT2D eigenvalue weighted by atomic mass is 19.4. The number of likely N-dealkylation sites (tertiary alicyclic amines) is 1. The molecule has 1 atom stereocenters. The Hall–Kier alpha value is -2.23. The maximum atomic E-state index is 12.9. The fourth-order valence-corrected chi connectivity index (χ4v) is 3.83. The zero-order valence-electron chi connectivity index (χ0n) is 16.3. The van der Waals surface area contributed by atoms with E-state index in [9.17, 15) is 18.0 Å². The number of rotatable bonds is 5. The molecular weight excluding hydrogens is 373 g/mol. The molecule has 1 amide bonds. The Morgan fingerprint density at radius 1 is 1.29 bits per heavy atom. The molecule has 10 heteroatoms. The molecule has 3 rings (SSSR count). The minimum absolute atomic E-state index is 0.0641. The molecule has 0 radical (unpaired) electrons. The first kappa shape index (κ1) is 20.5. The molecule has 1 fully saturated rings. The van der Waals surface area contributed by atoms with E-state index in [0.717, 1.165) is 42.6 Å². The topological polar surface area (TPSA) is 75.4 Å². The molecule has 2 aromatic rings. The van der Waals surface area contributed by atoms with Crippen LogP contribution in [0.1, 0.15) is 42.0 Å². The Morgan fingerprint density at radius 3 is 2.71 bits per heavy atom. The third-order valence-corrected chi connectivity index (χ3v) is 5.26. The number of hydrogen-bond acceptors (Lipinski definition) is 5. The lowest BCUT2D eigenvalue weighted by Crippen LogP contribution is -2.42. The molecular formula is C18H25F3N6O. The van der Waals surface area contributed by atoms with Crippen molar-refractivity contribution in [3.05, 3.63) is 22.8 Å². The Morgan fingerprint density at radius 2 is 2.04 bits per heavy atom. The lowest BCUT2D eigenvalue weighted by molar-refractivity contribution is -0.144. The predicted octanol–water partition coefficient (Wildman–Crippen LogP) is 2.15. The summed E-state index contributed by atoms with van der Waals surface area (Å²) in [5, 5.41) is 6.71. The number of carbonyl (C=O) groups excluding carboxylic acids is 1. The number of nitrogens with one attached hydrogen (secondary N) is 1. The molecule has 7 nitrogen and oxygen atoms in total. The predicted molar refractivity (Wildman–Crippen MR) is 96.8 cm³/mol. The van der Waals surface area contributed by atoms with Crippen LogP contribution in [0.4, 0.5) is 13.2 Å². The summed E-state index contributed by atoms with van der Waals surface area (Å²) >= 11 is 0. The minimum Gasteiger partial charge on any atom is -0.342 e. The molecule has 0 aliphatic carbocycles. The lowest BCUT2D eigenvalue weighted by atomic mass is 9.97. The minimum atomic E-state index is -4.62. The van der Waals surface area contributed by atoms with Gasteiger partial charge in [0.2, 0.25) is 5.91 Å². The summed E-state index contributed by atoms with van der Waals surface area (Å²) in [5.41, 5.74) is 1.85. The van der Waals surface area contributed by atoms with E-state index in [-0.39, 0.29) is 11.7 Å². The molecule has 28 heavy (non-hydrogen) atoms. The molecule has 1 saturated heterocycles. The highest BCUT2D eigenvalue weighted by Crippen LogP contribution is 2.27. The first-order chi connectivity index (χ1) is 13.2. The number of aryl methyl sites for hydroxylation is 2. The lowest BCUT2D eigenvalue weighted by Gasteiger charge is -2.33. The van der Waals surface area contributed by atoms with Crippen LogP contribution in [-0.4, -0.2) is 57.1 Å². The van der Waals surface area contributed by atoms with Gasteiger partial charge in [-0.1, -0.05) is 0 Å². The Kier molecular flexibility index (Phi) is 5.87. The Labute approximate surface area is 161 Å². The summed E-state index contributed by atoms with van der Waals surface area (Å²) in [4.78, 5) is 22.2. The summed E-state index contributed by atoms with van der Waals surface area (Å²) in [7, 11) is 1.91. The van der Waals surface area contributed by atoms with E-state index >= 15 is 0 Å². The number of hydrogen-bond donors (Lipinski definition) is 1. The van der Waals surface area contributed by atoms with Crippen molar-refractivity contribution >= 4 is 11.7 Å². The average Bonchev–Trinajstić information content (AvgIpc) is 3.06. The van der Waals surface area contributed by atoms with Gasteiger partial charge >= 0.3 is 6.18 Å². The second kappa shape index (κ2) is 8.02. The number of halogens is 3. The highest BCUT2D eigenvalue weighted by Gasteiger charge is 2.37. The van der Waals surface area contributed by atoms with E-state index in [1.165, 1.54) is 0 Å². The molecule has 2 aromatic heterocycles. The summed E-state index contributed by atoms with van der Waals surface area (Å²) < 4.78 is 39.8. The molecule has 1 unspecified atom stereocenters. The van der Waals surface area contributed by atoms with E-state index in [1.807, 2.05) is 11.9 Å². The molecule has 3 heterocycles. The van der Waals surface area contributed by atoms with E-state index in [1.54, 1.807) is 13.8 Å². The summed E-state index contributed by atoms with van der Waals surface area (Å²) in [6.07, 6.45) is -1.82. The zero-order valence-corrected chi connectivity index (χ0v) is 16.3. The number of nitrogens with zero attached hydrogens (tertiary/aromatic N) is 5. The van der Waals surface area contributed by atoms with Crippen LogP contribution in [0.3, 0.4) is 0 Å². The van der Waals surface area contributed by atoms with E-state index in [2.05, 4.69) is 20.4 Å². The van der Waals surface area contributed by atoms with Crippen molar-refractivity contribution in [1.82, 2.24) is 29.8 Å². The summed E-state index contributed by atoms with van der Waals surface area (Å²) in [6, 6.07) is 0. The Bertz CT molecular complexity index is 861. The molecule has 1 aliphatic rings. The average molecular weight is 398 g/mol. The van der Waals surface area contributed by atoms with Gasteiger partial charge in [0, 0.05) is 30.9 Å². The fourth-order valence-electron chi connectivity index (χ4n) is 3.83. The summed E-state index contributed by atoms with van der Waals surface area (Å²) in [6.45, 7) is 5.79. The smallest absolute Gasteiger partial charge is 0.342 e. The third-order valence-electron chi connectivity index (χ3n) is 5.26. The van der Waals surface area contributed by atoms with Crippen molar-refractivity contribution in [2.45, 2.75) is 45.7 Å². The van der Waals surface area contributed by atoms with Crippen LogP contribution >= 0.6 is 0 Å². The molecule has 0 bridgehead atoms. The fraction of sp³-hybridized carbons (Fsp3) is 0.667.